The van der Waals surface area contributed by atoms with Gasteiger partial charge in [-0.2, -0.15) is 0 Å². The molecule has 1 amide bonds. The van der Waals surface area contributed by atoms with E-state index in [4.69, 9.17) is 5.73 Å². The van der Waals surface area contributed by atoms with Crippen LogP contribution in [0, 0.1) is 5.92 Å². The van der Waals surface area contributed by atoms with Crippen molar-refractivity contribution in [3.8, 4) is 0 Å². The smallest absolute Gasteiger partial charge is 0.240 e. The lowest BCUT2D eigenvalue weighted by molar-refractivity contribution is -0.139. The molecule has 4 heteroatoms. The van der Waals surface area contributed by atoms with E-state index in [0.717, 1.165) is 13.1 Å². The quantitative estimate of drug-likeness (QED) is 0.770. The SMILES string of the molecule is CC(C)C(N)C(=O)N1CC2CCCN2CC1C. The van der Waals surface area contributed by atoms with Gasteiger partial charge in [0.15, 0.2) is 0 Å². The summed E-state index contributed by atoms with van der Waals surface area (Å²) in [6.07, 6.45) is 2.50. The van der Waals surface area contributed by atoms with Crippen LogP contribution in [0.15, 0.2) is 0 Å². The molecule has 2 N–H and O–H groups in total. The summed E-state index contributed by atoms with van der Waals surface area (Å²) >= 11 is 0. The molecule has 0 bridgehead atoms. The molecule has 0 saturated carbocycles. The number of carbonyl (C=O) groups is 1. The van der Waals surface area contributed by atoms with Crippen molar-refractivity contribution in [1.82, 2.24) is 9.80 Å². The summed E-state index contributed by atoms with van der Waals surface area (Å²) in [5.74, 6) is 0.357. The van der Waals surface area contributed by atoms with Gasteiger partial charge in [0.1, 0.15) is 0 Å². The predicted molar refractivity (Wildman–Crippen MR) is 68.6 cm³/mol. The molecule has 0 aromatic carbocycles. The van der Waals surface area contributed by atoms with Crippen LogP contribution < -0.4 is 5.73 Å². The highest BCUT2D eigenvalue weighted by Crippen LogP contribution is 2.25. The summed E-state index contributed by atoms with van der Waals surface area (Å²) in [4.78, 5) is 16.9. The van der Waals surface area contributed by atoms with Gasteiger partial charge < -0.3 is 10.6 Å². The van der Waals surface area contributed by atoms with Crippen molar-refractivity contribution in [2.24, 2.45) is 11.7 Å². The van der Waals surface area contributed by atoms with Crippen LogP contribution in [0.4, 0.5) is 0 Å². The van der Waals surface area contributed by atoms with Gasteiger partial charge in [0.05, 0.1) is 6.04 Å². The zero-order chi connectivity index (χ0) is 12.6. The fraction of sp³-hybridized carbons (Fsp3) is 0.923. The molecule has 0 aromatic heterocycles. The minimum absolute atomic E-state index is 0.138. The van der Waals surface area contributed by atoms with Crippen LogP contribution in [-0.4, -0.2) is 53.5 Å². The second kappa shape index (κ2) is 4.94. The Hall–Kier alpha value is -0.610. The molecule has 2 fully saturated rings. The van der Waals surface area contributed by atoms with E-state index < -0.39 is 0 Å². The van der Waals surface area contributed by atoms with Crippen molar-refractivity contribution in [1.29, 1.82) is 0 Å². The fourth-order valence-electron chi connectivity index (χ4n) is 2.97. The summed E-state index contributed by atoms with van der Waals surface area (Å²) in [6.45, 7) is 9.26. The number of nitrogens with two attached hydrogens (primary N) is 1. The van der Waals surface area contributed by atoms with Crippen LogP contribution in [0.25, 0.3) is 0 Å². The first kappa shape index (κ1) is 12.8. The lowest BCUT2D eigenvalue weighted by atomic mass is 10.0. The van der Waals surface area contributed by atoms with Gasteiger partial charge in [-0.25, -0.2) is 0 Å². The molecule has 2 aliphatic heterocycles. The fourth-order valence-corrected chi connectivity index (χ4v) is 2.97. The first-order valence-corrected chi connectivity index (χ1v) is 6.80. The molecular weight excluding hydrogens is 214 g/mol. The van der Waals surface area contributed by atoms with Gasteiger partial charge in [0, 0.05) is 25.2 Å². The Morgan fingerprint density at radius 2 is 2.06 bits per heavy atom. The van der Waals surface area contributed by atoms with Gasteiger partial charge >= 0.3 is 0 Å². The Morgan fingerprint density at radius 1 is 1.35 bits per heavy atom. The Kier molecular flexibility index (Phi) is 3.73. The zero-order valence-electron chi connectivity index (χ0n) is 11.2. The molecule has 0 aliphatic carbocycles. The lowest BCUT2D eigenvalue weighted by Gasteiger charge is -2.43. The first-order valence-electron chi connectivity index (χ1n) is 6.80. The molecule has 98 valence electrons. The molecule has 2 heterocycles. The maximum atomic E-state index is 12.3. The van der Waals surface area contributed by atoms with Crippen molar-refractivity contribution in [3.63, 3.8) is 0 Å². The van der Waals surface area contributed by atoms with E-state index in [1.54, 1.807) is 0 Å². The van der Waals surface area contributed by atoms with Gasteiger partial charge in [0.2, 0.25) is 5.91 Å². The van der Waals surface area contributed by atoms with E-state index in [9.17, 15) is 4.79 Å². The number of hydrogen-bond acceptors (Lipinski definition) is 3. The van der Waals surface area contributed by atoms with Gasteiger partial charge in [-0.1, -0.05) is 13.8 Å². The largest absolute Gasteiger partial charge is 0.336 e. The van der Waals surface area contributed by atoms with E-state index in [-0.39, 0.29) is 17.9 Å². The number of hydrogen-bond donors (Lipinski definition) is 1. The average molecular weight is 239 g/mol. The molecule has 0 spiro atoms. The van der Waals surface area contributed by atoms with E-state index in [0.29, 0.717) is 12.1 Å². The van der Waals surface area contributed by atoms with E-state index in [2.05, 4.69) is 11.8 Å². The monoisotopic (exact) mass is 239 g/mol. The van der Waals surface area contributed by atoms with Crippen LogP contribution in [-0.2, 0) is 4.79 Å². The Morgan fingerprint density at radius 3 is 2.71 bits per heavy atom. The number of nitrogens with zero attached hydrogens (tertiary/aromatic N) is 2. The zero-order valence-corrected chi connectivity index (χ0v) is 11.2. The average Bonchev–Trinajstić information content (AvgIpc) is 2.72. The molecule has 0 aromatic rings. The van der Waals surface area contributed by atoms with Gasteiger partial charge in [-0.15, -0.1) is 0 Å². The molecule has 3 atom stereocenters. The van der Waals surface area contributed by atoms with Crippen LogP contribution in [0.5, 0.6) is 0 Å². The number of fused-ring (bicyclic) bond motifs is 1. The molecule has 0 radical (unpaired) electrons. The first-order chi connectivity index (χ1) is 8.00. The third-order valence-electron chi connectivity index (χ3n) is 4.22. The molecule has 2 aliphatic rings. The summed E-state index contributed by atoms with van der Waals surface area (Å²) < 4.78 is 0. The van der Waals surface area contributed by atoms with Crippen molar-refractivity contribution in [3.05, 3.63) is 0 Å². The highest BCUT2D eigenvalue weighted by atomic mass is 16.2. The van der Waals surface area contributed by atoms with Crippen molar-refractivity contribution in [2.45, 2.75) is 51.7 Å². The summed E-state index contributed by atoms with van der Waals surface area (Å²) in [5.41, 5.74) is 5.99. The predicted octanol–water partition coefficient (Wildman–Crippen LogP) is 0.665. The van der Waals surface area contributed by atoms with Crippen LogP contribution in [0.3, 0.4) is 0 Å². The summed E-state index contributed by atoms with van der Waals surface area (Å²) in [7, 11) is 0. The molecule has 17 heavy (non-hydrogen) atoms. The highest BCUT2D eigenvalue weighted by molar-refractivity contribution is 5.82. The van der Waals surface area contributed by atoms with Crippen molar-refractivity contribution < 1.29 is 4.79 Å². The van der Waals surface area contributed by atoms with Crippen LogP contribution >= 0.6 is 0 Å². The van der Waals surface area contributed by atoms with Gasteiger partial charge in [-0.05, 0) is 32.2 Å². The minimum atomic E-state index is -0.342. The van der Waals surface area contributed by atoms with Gasteiger partial charge in [-0.3, -0.25) is 9.69 Å². The third kappa shape index (κ3) is 2.47. The van der Waals surface area contributed by atoms with Crippen molar-refractivity contribution >= 4 is 5.91 Å². The molecule has 4 nitrogen and oxygen atoms in total. The van der Waals surface area contributed by atoms with E-state index in [1.807, 2.05) is 18.7 Å². The number of carbonyl (C=O) groups excluding carboxylic acids is 1. The molecule has 3 unspecified atom stereocenters. The van der Waals surface area contributed by atoms with Gasteiger partial charge in [0.25, 0.3) is 0 Å². The summed E-state index contributed by atoms with van der Waals surface area (Å²) in [6, 6.07) is 0.543. The lowest BCUT2D eigenvalue weighted by Crippen LogP contribution is -2.60. The maximum Gasteiger partial charge on any atom is 0.240 e. The molecular formula is C13H25N3O. The standard InChI is InChI=1S/C13H25N3O/c1-9(2)12(14)13(17)16-8-11-5-4-6-15(11)7-10(16)3/h9-12H,4-8,14H2,1-3H3. The third-order valence-corrected chi connectivity index (χ3v) is 4.22. The van der Waals surface area contributed by atoms with E-state index in [1.165, 1.54) is 19.4 Å². The highest BCUT2D eigenvalue weighted by Gasteiger charge is 2.38. The number of amides is 1. The van der Waals surface area contributed by atoms with Crippen LogP contribution in [0.1, 0.15) is 33.6 Å². The topological polar surface area (TPSA) is 49.6 Å². The molecule has 2 rings (SSSR count). The number of piperazine rings is 1. The molecule has 2 saturated heterocycles. The van der Waals surface area contributed by atoms with Crippen LogP contribution in [0.2, 0.25) is 0 Å². The Balaban J connectivity index is 2.03. The maximum absolute atomic E-state index is 12.3. The second-order valence-electron chi connectivity index (χ2n) is 5.90. The van der Waals surface area contributed by atoms with Crippen molar-refractivity contribution in [2.75, 3.05) is 19.6 Å². The normalized spacial score (nSPS) is 31.7. The van der Waals surface area contributed by atoms with E-state index >= 15 is 0 Å². The summed E-state index contributed by atoms with van der Waals surface area (Å²) in [5, 5.41) is 0. The number of rotatable bonds is 2. The second-order valence-corrected chi connectivity index (χ2v) is 5.90. The minimum Gasteiger partial charge on any atom is -0.336 e. The Labute approximate surface area is 104 Å². The Bertz CT molecular complexity index is 292.